The Morgan fingerprint density at radius 2 is 2.16 bits per heavy atom. The number of hydrogen-bond donors (Lipinski definition) is 0. The quantitative estimate of drug-likeness (QED) is 0.839. The molecule has 7 heteroatoms. The van der Waals surface area contributed by atoms with Crippen molar-refractivity contribution in [3.63, 3.8) is 0 Å². The van der Waals surface area contributed by atoms with Gasteiger partial charge in [-0.05, 0) is 18.6 Å². The number of aryl methyl sites for hydroxylation is 1. The standard InChI is InChI=1S/C12H9F3N4/c1-2-8-7-19(18-10(8)12(13,14)15)11-9(6-16)4-3-5-17-11/h3-5,7H,2H2,1H3. The van der Waals surface area contributed by atoms with Crippen molar-refractivity contribution in [2.45, 2.75) is 19.5 Å². The fourth-order valence-corrected chi connectivity index (χ4v) is 1.68. The van der Waals surface area contributed by atoms with Gasteiger partial charge in [0.25, 0.3) is 0 Å². The fraction of sp³-hybridized carbons (Fsp3) is 0.250. The third kappa shape index (κ3) is 2.42. The van der Waals surface area contributed by atoms with Gasteiger partial charge in [0.1, 0.15) is 6.07 Å². The molecule has 0 bridgehead atoms. The summed E-state index contributed by atoms with van der Waals surface area (Å²) in [5.74, 6) is 0.0928. The lowest BCUT2D eigenvalue weighted by Gasteiger charge is -2.04. The highest BCUT2D eigenvalue weighted by atomic mass is 19.4. The van der Waals surface area contributed by atoms with E-state index in [1.165, 1.54) is 24.5 Å². The second kappa shape index (κ2) is 4.72. The van der Waals surface area contributed by atoms with Gasteiger partial charge < -0.3 is 0 Å². The summed E-state index contributed by atoms with van der Waals surface area (Å²) in [7, 11) is 0. The van der Waals surface area contributed by atoms with Crippen molar-refractivity contribution in [2.24, 2.45) is 0 Å². The Morgan fingerprint density at radius 3 is 2.68 bits per heavy atom. The van der Waals surface area contributed by atoms with Gasteiger partial charge in [0.2, 0.25) is 0 Å². The molecule has 98 valence electrons. The van der Waals surface area contributed by atoms with E-state index in [0.29, 0.717) is 0 Å². The average Bonchev–Trinajstić information content (AvgIpc) is 2.82. The molecule has 0 N–H and O–H groups in total. The van der Waals surface area contributed by atoms with Gasteiger partial charge in [-0.2, -0.15) is 23.5 Å². The van der Waals surface area contributed by atoms with E-state index in [0.717, 1.165) is 4.68 Å². The Hall–Kier alpha value is -2.36. The molecule has 0 atom stereocenters. The van der Waals surface area contributed by atoms with Gasteiger partial charge in [-0.3, -0.25) is 0 Å². The predicted octanol–water partition coefficient (Wildman–Crippen LogP) is 2.72. The maximum absolute atomic E-state index is 12.8. The first-order valence-electron chi connectivity index (χ1n) is 5.48. The molecule has 19 heavy (non-hydrogen) atoms. The van der Waals surface area contributed by atoms with Gasteiger partial charge in [-0.1, -0.05) is 6.92 Å². The van der Waals surface area contributed by atoms with E-state index >= 15 is 0 Å². The van der Waals surface area contributed by atoms with Crippen LogP contribution in [0.4, 0.5) is 13.2 Å². The molecule has 0 aliphatic heterocycles. The van der Waals surface area contributed by atoms with Crippen molar-refractivity contribution in [2.75, 3.05) is 0 Å². The zero-order chi connectivity index (χ0) is 14.0. The Labute approximate surface area is 107 Å². The molecule has 2 aromatic heterocycles. The maximum Gasteiger partial charge on any atom is 0.435 e. The van der Waals surface area contributed by atoms with Gasteiger partial charge in [-0.25, -0.2) is 9.67 Å². The fourth-order valence-electron chi connectivity index (χ4n) is 1.68. The first-order chi connectivity index (χ1) is 8.97. The molecule has 0 aromatic carbocycles. The highest BCUT2D eigenvalue weighted by Gasteiger charge is 2.36. The molecule has 0 aliphatic rings. The summed E-state index contributed by atoms with van der Waals surface area (Å²) >= 11 is 0. The van der Waals surface area contributed by atoms with E-state index in [4.69, 9.17) is 5.26 Å². The molecule has 0 saturated carbocycles. The van der Waals surface area contributed by atoms with Crippen molar-refractivity contribution < 1.29 is 13.2 Å². The molecule has 4 nitrogen and oxygen atoms in total. The highest BCUT2D eigenvalue weighted by Crippen LogP contribution is 2.31. The number of halogens is 3. The first kappa shape index (κ1) is 13.1. The molecular weight excluding hydrogens is 257 g/mol. The van der Waals surface area contributed by atoms with Crippen LogP contribution in [0.2, 0.25) is 0 Å². The Bertz CT molecular complexity index is 637. The highest BCUT2D eigenvalue weighted by molar-refractivity contribution is 5.43. The van der Waals surface area contributed by atoms with Crippen molar-refractivity contribution in [3.8, 4) is 11.9 Å². The van der Waals surface area contributed by atoms with E-state index in [1.807, 2.05) is 6.07 Å². The predicted molar refractivity (Wildman–Crippen MR) is 60.5 cm³/mol. The minimum absolute atomic E-state index is 0.0713. The molecule has 0 spiro atoms. The number of aromatic nitrogens is 3. The maximum atomic E-state index is 12.8. The molecule has 2 heterocycles. The van der Waals surface area contributed by atoms with E-state index < -0.39 is 11.9 Å². The van der Waals surface area contributed by atoms with Crippen LogP contribution in [0, 0.1) is 11.3 Å². The number of nitriles is 1. The van der Waals surface area contributed by atoms with Crippen LogP contribution in [0.25, 0.3) is 5.82 Å². The minimum Gasteiger partial charge on any atom is -0.236 e. The van der Waals surface area contributed by atoms with Crippen LogP contribution in [-0.2, 0) is 12.6 Å². The van der Waals surface area contributed by atoms with Crippen molar-refractivity contribution in [1.82, 2.24) is 14.8 Å². The van der Waals surface area contributed by atoms with Crippen molar-refractivity contribution in [3.05, 3.63) is 41.3 Å². The van der Waals surface area contributed by atoms with Crippen LogP contribution in [0.5, 0.6) is 0 Å². The molecule has 0 radical (unpaired) electrons. The van der Waals surface area contributed by atoms with Crippen LogP contribution in [-0.4, -0.2) is 14.8 Å². The lowest BCUT2D eigenvalue weighted by Crippen LogP contribution is -2.10. The van der Waals surface area contributed by atoms with Gasteiger partial charge in [-0.15, -0.1) is 0 Å². The molecule has 0 fully saturated rings. The number of nitrogens with zero attached hydrogens (tertiary/aromatic N) is 4. The molecular formula is C12H9F3N4. The van der Waals surface area contributed by atoms with Gasteiger partial charge >= 0.3 is 6.18 Å². The van der Waals surface area contributed by atoms with Gasteiger partial charge in [0, 0.05) is 18.0 Å². The summed E-state index contributed by atoms with van der Waals surface area (Å²) in [6.45, 7) is 1.61. The molecule has 0 unspecified atom stereocenters. The SMILES string of the molecule is CCc1cn(-c2ncccc2C#N)nc1C(F)(F)F. The average molecular weight is 266 g/mol. The van der Waals surface area contributed by atoms with Crippen molar-refractivity contribution in [1.29, 1.82) is 5.26 Å². The Morgan fingerprint density at radius 1 is 1.42 bits per heavy atom. The lowest BCUT2D eigenvalue weighted by molar-refractivity contribution is -0.141. The third-order valence-electron chi connectivity index (χ3n) is 2.56. The van der Waals surface area contributed by atoms with E-state index in [2.05, 4.69) is 10.1 Å². The smallest absolute Gasteiger partial charge is 0.236 e. The van der Waals surface area contributed by atoms with Crippen LogP contribution < -0.4 is 0 Å². The minimum atomic E-state index is -4.52. The molecule has 0 amide bonds. The zero-order valence-corrected chi connectivity index (χ0v) is 9.94. The number of pyridine rings is 1. The summed E-state index contributed by atoms with van der Waals surface area (Å²) in [6.07, 6.45) is -1.66. The Kier molecular flexibility index (Phi) is 3.25. The Balaban J connectivity index is 2.59. The largest absolute Gasteiger partial charge is 0.435 e. The van der Waals surface area contributed by atoms with Crippen molar-refractivity contribution >= 4 is 0 Å². The van der Waals surface area contributed by atoms with Crippen LogP contribution in [0.15, 0.2) is 24.5 Å². The second-order valence-electron chi connectivity index (χ2n) is 3.79. The van der Waals surface area contributed by atoms with E-state index in [1.54, 1.807) is 6.92 Å². The summed E-state index contributed by atoms with van der Waals surface area (Å²) < 4.78 is 39.4. The van der Waals surface area contributed by atoms with Crippen LogP contribution >= 0.6 is 0 Å². The monoisotopic (exact) mass is 266 g/mol. The number of hydrogen-bond acceptors (Lipinski definition) is 3. The number of alkyl halides is 3. The van der Waals surface area contributed by atoms with E-state index in [-0.39, 0.29) is 23.4 Å². The summed E-state index contributed by atoms with van der Waals surface area (Å²) in [5, 5.41) is 12.4. The van der Waals surface area contributed by atoms with Crippen LogP contribution in [0.3, 0.4) is 0 Å². The normalized spacial score (nSPS) is 11.3. The summed E-state index contributed by atoms with van der Waals surface area (Å²) in [4.78, 5) is 3.90. The molecule has 2 aromatic rings. The van der Waals surface area contributed by atoms with E-state index in [9.17, 15) is 13.2 Å². The third-order valence-corrected chi connectivity index (χ3v) is 2.56. The first-order valence-corrected chi connectivity index (χ1v) is 5.48. The molecule has 0 saturated heterocycles. The van der Waals surface area contributed by atoms with Gasteiger partial charge in [0.05, 0.1) is 5.56 Å². The van der Waals surface area contributed by atoms with Gasteiger partial charge in [0.15, 0.2) is 11.5 Å². The molecule has 2 rings (SSSR count). The lowest BCUT2D eigenvalue weighted by atomic mass is 10.2. The topological polar surface area (TPSA) is 54.5 Å². The second-order valence-corrected chi connectivity index (χ2v) is 3.79. The van der Waals surface area contributed by atoms with Crippen LogP contribution in [0.1, 0.15) is 23.7 Å². The zero-order valence-electron chi connectivity index (χ0n) is 9.94. The summed E-state index contributed by atoms with van der Waals surface area (Å²) in [5.41, 5.74) is -0.701. The number of rotatable bonds is 2. The molecule has 0 aliphatic carbocycles. The summed E-state index contributed by atoms with van der Waals surface area (Å²) in [6, 6.07) is 4.89.